The summed E-state index contributed by atoms with van der Waals surface area (Å²) >= 11 is 5.49. The van der Waals surface area contributed by atoms with Gasteiger partial charge in [-0.05, 0) is 18.1 Å². The van der Waals surface area contributed by atoms with E-state index < -0.39 is 0 Å². The average Bonchev–Trinajstić information content (AvgIpc) is 2.25. The van der Waals surface area contributed by atoms with Crippen molar-refractivity contribution in [3.05, 3.63) is 53.1 Å². The Labute approximate surface area is 95.8 Å². The van der Waals surface area contributed by atoms with E-state index in [2.05, 4.69) is 36.2 Å². The number of allylic oxidation sites excluding steroid dienone is 3. The summed E-state index contributed by atoms with van der Waals surface area (Å²) in [7, 11) is 1.76. The van der Waals surface area contributed by atoms with E-state index in [1.807, 2.05) is 12.3 Å². The number of hydrogen-bond donors (Lipinski definition) is 0. The number of rotatable bonds is 3. The van der Waals surface area contributed by atoms with Gasteiger partial charge in [-0.1, -0.05) is 53.6 Å². The summed E-state index contributed by atoms with van der Waals surface area (Å²) in [6.07, 6.45) is 5.55. The molecule has 0 radical (unpaired) electrons. The van der Waals surface area contributed by atoms with Gasteiger partial charge in [0.1, 0.15) is 0 Å². The normalized spacial score (nSPS) is 12.9. The highest BCUT2D eigenvalue weighted by Gasteiger charge is 1.96. The Kier molecular flexibility index (Phi) is 4.85. The lowest BCUT2D eigenvalue weighted by Gasteiger charge is -2.01. The number of aryl methyl sites for hydroxylation is 1. The van der Waals surface area contributed by atoms with Crippen molar-refractivity contribution in [2.45, 2.75) is 6.92 Å². The zero-order valence-corrected chi connectivity index (χ0v) is 9.70. The monoisotopic (exact) mass is 219 g/mol. The molecule has 0 bridgehead atoms. The molecule has 0 saturated carbocycles. The van der Waals surface area contributed by atoms with Gasteiger partial charge < -0.3 is 0 Å². The Morgan fingerprint density at radius 3 is 2.47 bits per heavy atom. The van der Waals surface area contributed by atoms with Crippen LogP contribution in [0.4, 0.5) is 0 Å². The second-order valence-corrected chi connectivity index (χ2v) is 3.45. The van der Waals surface area contributed by atoms with Gasteiger partial charge in [0.2, 0.25) is 0 Å². The summed E-state index contributed by atoms with van der Waals surface area (Å²) in [6, 6.07) is 8.31. The molecule has 0 amide bonds. The first-order chi connectivity index (χ1) is 7.27. The maximum atomic E-state index is 5.49. The van der Waals surface area contributed by atoms with Crippen molar-refractivity contribution >= 4 is 23.4 Å². The van der Waals surface area contributed by atoms with Crippen LogP contribution in [0.1, 0.15) is 11.1 Å². The van der Waals surface area contributed by atoms with Gasteiger partial charge in [0.15, 0.2) is 0 Å². The smallest absolute Gasteiger partial charge is 0.0287 e. The first-order valence-corrected chi connectivity index (χ1v) is 5.18. The standard InChI is InChI=1S/C13H14ClN/c1-11-5-7-12(8-6-11)13(10-15-2)4-3-9-14/h3-10H,1-2H3/b9-3+,13-4+,15-10?. The van der Waals surface area contributed by atoms with Gasteiger partial charge in [-0.2, -0.15) is 0 Å². The summed E-state index contributed by atoms with van der Waals surface area (Å²) in [5.74, 6) is 0. The average molecular weight is 220 g/mol. The van der Waals surface area contributed by atoms with Crippen molar-refractivity contribution in [2.75, 3.05) is 7.05 Å². The molecule has 78 valence electrons. The fraction of sp³-hybridized carbons (Fsp3) is 0.154. The Hall–Kier alpha value is -1.34. The minimum atomic E-state index is 1.05. The molecule has 1 aromatic rings. The summed E-state index contributed by atoms with van der Waals surface area (Å²) < 4.78 is 0. The number of aliphatic imine (C=N–C) groups is 1. The molecule has 0 unspecified atom stereocenters. The quantitative estimate of drug-likeness (QED) is 0.541. The van der Waals surface area contributed by atoms with E-state index in [0.717, 1.165) is 11.1 Å². The topological polar surface area (TPSA) is 12.4 Å². The van der Waals surface area contributed by atoms with Gasteiger partial charge >= 0.3 is 0 Å². The lowest BCUT2D eigenvalue weighted by Crippen LogP contribution is -1.85. The minimum absolute atomic E-state index is 1.05. The molecule has 0 fully saturated rings. The largest absolute Gasteiger partial charge is 0.296 e. The Morgan fingerprint density at radius 2 is 1.93 bits per heavy atom. The zero-order chi connectivity index (χ0) is 11.1. The van der Waals surface area contributed by atoms with Crippen molar-refractivity contribution < 1.29 is 0 Å². The number of halogens is 1. The van der Waals surface area contributed by atoms with E-state index in [9.17, 15) is 0 Å². The van der Waals surface area contributed by atoms with Crippen LogP contribution in [0.3, 0.4) is 0 Å². The van der Waals surface area contributed by atoms with E-state index in [-0.39, 0.29) is 0 Å². The maximum absolute atomic E-state index is 5.49. The fourth-order valence-corrected chi connectivity index (χ4v) is 1.31. The first kappa shape index (κ1) is 11.7. The van der Waals surface area contributed by atoms with E-state index in [4.69, 9.17) is 11.6 Å². The fourth-order valence-electron chi connectivity index (χ4n) is 1.24. The highest BCUT2D eigenvalue weighted by molar-refractivity contribution is 6.25. The van der Waals surface area contributed by atoms with Crippen molar-refractivity contribution in [3.63, 3.8) is 0 Å². The molecule has 2 heteroatoms. The molecular formula is C13H14ClN. The SMILES string of the molecule is CN=C/C(=C\C=C\Cl)c1ccc(C)cc1. The molecule has 0 N–H and O–H groups in total. The number of hydrogen-bond acceptors (Lipinski definition) is 1. The van der Waals surface area contributed by atoms with Gasteiger partial charge in [-0.25, -0.2) is 0 Å². The van der Waals surface area contributed by atoms with Crippen molar-refractivity contribution in [3.8, 4) is 0 Å². The summed E-state index contributed by atoms with van der Waals surface area (Å²) in [5, 5.41) is 0. The Bertz CT molecular complexity index is 386. The van der Waals surface area contributed by atoms with Crippen LogP contribution < -0.4 is 0 Å². The molecule has 0 atom stereocenters. The number of benzene rings is 1. The predicted octanol–water partition coefficient (Wildman–Crippen LogP) is 3.83. The highest BCUT2D eigenvalue weighted by atomic mass is 35.5. The van der Waals surface area contributed by atoms with Crippen LogP contribution in [0.25, 0.3) is 5.57 Å². The van der Waals surface area contributed by atoms with Gasteiger partial charge in [0.05, 0.1) is 0 Å². The second kappa shape index (κ2) is 6.20. The van der Waals surface area contributed by atoms with Crippen LogP contribution in [-0.2, 0) is 0 Å². The molecular weight excluding hydrogens is 206 g/mol. The van der Waals surface area contributed by atoms with Crippen LogP contribution in [0, 0.1) is 6.92 Å². The van der Waals surface area contributed by atoms with Gasteiger partial charge in [-0.3, -0.25) is 4.99 Å². The van der Waals surface area contributed by atoms with Gasteiger partial charge in [0, 0.05) is 18.8 Å². The van der Waals surface area contributed by atoms with Crippen LogP contribution in [-0.4, -0.2) is 13.3 Å². The maximum Gasteiger partial charge on any atom is 0.0287 e. The summed E-state index contributed by atoms with van der Waals surface area (Å²) in [6.45, 7) is 2.07. The van der Waals surface area contributed by atoms with E-state index in [1.54, 1.807) is 13.1 Å². The summed E-state index contributed by atoms with van der Waals surface area (Å²) in [5.41, 5.74) is 4.92. The zero-order valence-electron chi connectivity index (χ0n) is 8.94. The lowest BCUT2D eigenvalue weighted by molar-refractivity contribution is 1.45. The number of nitrogens with zero attached hydrogens (tertiary/aromatic N) is 1. The molecule has 0 aliphatic carbocycles. The minimum Gasteiger partial charge on any atom is -0.296 e. The first-order valence-electron chi connectivity index (χ1n) is 4.74. The van der Waals surface area contributed by atoms with E-state index >= 15 is 0 Å². The van der Waals surface area contributed by atoms with Crippen LogP contribution in [0.2, 0.25) is 0 Å². The van der Waals surface area contributed by atoms with Crippen LogP contribution >= 0.6 is 11.6 Å². The van der Waals surface area contributed by atoms with E-state index in [1.165, 1.54) is 11.1 Å². The second-order valence-electron chi connectivity index (χ2n) is 3.19. The highest BCUT2D eigenvalue weighted by Crippen LogP contribution is 2.13. The molecule has 0 spiro atoms. The molecule has 0 saturated heterocycles. The van der Waals surface area contributed by atoms with Crippen molar-refractivity contribution in [1.82, 2.24) is 0 Å². The molecule has 1 rings (SSSR count). The third kappa shape index (κ3) is 3.72. The van der Waals surface area contributed by atoms with E-state index in [0.29, 0.717) is 0 Å². The third-order valence-electron chi connectivity index (χ3n) is 2.00. The molecule has 1 aromatic carbocycles. The lowest BCUT2D eigenvalue weighted by atomic mass is 10.1. The van der Waals surface area contributed by atoms with Crippen molar-refractivity contribution in [1.29, 1.82) is 0 Å². The molecule has 0 heterocycles. The van der Waals surface area contributed by atoms with Crippen LogP contribution in [0.5, 0.6) is 0 Å². The van der Waals surface area contributed by atoms with Gasteiger partial charge in [0.25, 0.3) is 0 Å². The Balaban J connectivity index is 3.04. The molecule has 0 aromatic heterocycles. The van der Waals surface area contributed by atoms with Gasteiger partial charge in [-0.15, -0.1) is 0 Å². The van der Waals surface area contributed by atoms with Crippen molar-refractivity contribution in [2.24, 2.45) is 4.99 Å². The molecule has 15 heavy (non-hydrogen) atoms. The molecule has 0 aliphatic rings. The third-order valence-corrected chi connectivity index (χ3v) is 2.15. The Morgan fingerprint density at radius 1 is 1.27 bits per heavy atom. The predicted molar refractivity (Wildman–Crippen MR) is 68.6 cm³/mol. The summed E-state index contributed by atoms with van der Waals surface area (Å²) in [4.78, 5) is 4.02. The molecule has 1 nitrogen and oxygen atoms in total. The van der Waals surface area contributed by atoms with Crippen LogP contribution in [0.15, 0.2) is 46.9 Å². The molecule has 0 aliphatic heterocycles.